The van der Waals surface area contributed by atoms with Gasteiger partial charge in [0.05, 0.1) is 11.5 Å². The molecule has 0 spiro atoms. The van der Waals surface area contributed by atoms with Gasteiger partial charge in [-0.25, -0.2) is 9.78 Å². The third kappa shape index (κ3) is 2.76. The Bertz CT molecular complexity index is 694. The highest BCUT2D eigenvalue weighted by molar-refractivity contribution is 5.52. The molecule has 0 aliphatic carbocycles. The number of hydrogen-bond donors (Lipinski definition) is 1. The minimum absolute atomic E-state index is 0.0575. The van der Waals surface area contributed by atoms with Crippen molar-refractivity contribution in [1.82, 2.24) is 9.55 Å². The Hall–Kier alpha value is -2.70. The van der Waals surface area contributed by atoms with E-state index >= 15 is 0 Å². The lowest BCUT2D eigenvalue weighted by Crippen LogP contribution is -2.23. The van der Waals surface area contributed by atoms with Crippen LogP contribution in [0, 0.1) is 17.0 Å². The van der Waals surface area contributed by atoms with Crippen LogP contribution in [0.1, 0.15) is 11.1 Å². The van der Waals surface area contributed by atoms with Crippen molar-refractivity contribution in [3.05, 3.63) is 62.3 Å². The van der Waals surface area contributed by atoms with Gasteiger partial charge in [-0.1, -0.05) is 0 Å². The average Bonchev–Trinajstić information content (AvgIpc) is 2.36. The van der Waals surface area contributed by atoms with Gasteiger partial charge < -0.3 is 5.73 Å². The molecule has 0 amide bonds. The maximum Gasteiger partial charge on any atom is 0.347 e. The number of nitro groups is 1. The second-order valence-corrected chi connectivity index (χ2v) is 4.18. The van der Waals surface area contributed by atoms with E-state index in [9.17, 15) is 14.9 Å². The molecule has 98 valence electrons. The quantitative estimate of drug-likeness (QED) is 0.505. The lowest BCUT2D eigenvalue weighted by atomic mass is 10.1. The summed E-state index contributed by atoms with van der Waals surface area (Å²) < 4.78 is 1.37. The minimum atomic E-state index is -0.500. The van der Waals surface area contributed by atoms with Gasteiger partial charge >= 0.3 is 5.69 Å². The number of rotatable bonds is 3. The molecule has 0 saturated carbocycles. The van der Waals surface area contributed by atoms with Crippen LogP contribution in [0.25, 0.3) is 0 Å². The summed E-state index contributed by atoms with van der Waals surface area (Å²) in [4.78, 5) is 25.5. The smallest absolute Gasteiger partial charge is 0.347 e. The molecule has 0 aliphatic rings. The van der Waals surface area contributed by atoms with Gasteiger partial charge in [0.15, 0.2) is 0 Å². The molecule has 0 saturated heterocycles. The van der Waals surface area contributed by atoms with E-state index in [0.717, 1.165) is 5.56 Å². The van der Waals surface area contributed by atoms with Gasteiger partial charge in [-0.15, -0.1) is 0 Å². The van der Waals surface area contributed by atoms with Crippen LogP contribution in [-0.2, 0) is 6.54 Å². The molecule has 1 aromatic carbocycles. The summed E-state index contributed by atoms with van der Waals surface area (Å²) >= 11 is 0. The molecule has 2 aromatic rings. The van der Waals surface area contributed by atoms with Crippen molar-refractivity contribution in [2.24, 2.45) is 0 Å². The number of nitrogens with two attached hydrogens (primary N) is 1. The highest BCUT2D eigenvalue weighted by Crippen LogP contribution is 2.20. The normalized spacial score (nSPS) is 10.4. The fourth-order valence-corrected chi connectivity index (χ4v) is 1.70. The summed E-state index contributed by atoms with van der Waals surface area (Å²) in [5.74, 6) is 0. The van der Waals surface area contributed by atoms with E-state index in [-0.39, 0.29) is 12.2 Å². The number of nitro benzene ring substituents is 1. The van der Waals surface area contributed by atoms with Gasteiger partial charge in [0.1, 0.15) is 0 Å². The molecule has 1 aromatic heterocycles. The molecule has 0 aliphatic heterocycles. The molecule has 19 heavy (non-hydrogen) atoms. The predicted octanol–water partition coefficient (Wildman–Crippen LogP) is 1.09. The van der Waals surface area contributed by atoms with Crippen molar-refractivity contribution >= 4 is 11.4 Å². The first-order valence-corrected chi connectivity index (χ1v) is 5.53. The lowest BCUT2D eigenvalue weighted by molar-refractivity contribution is -0.384. The summed E-state index contributed by atoms with van der Waals surface area (Å²) in [7, 11) is 0. The first-order valence-electron chi connectivity index (χ1n) is 5.53. The van der Waals surface area contributed by atoms with Crippen molar-refractivity contribution in [2.75, 3.05) is 5.73 Å². The molecule has 2 N–H and O–H groups in total. The van der Waals surface area contributed by atoms with Gasteiger partial charge in [-0.3, -0.25) is 14.7 Å². The van der Waals surface area contributed by atoms with Crippen LogP contribution >= 0.6 is 0 Å². The van der Waals surface area contributed by atoms with Crippen LogP contribution in [0.5, 0.6) is 0 Å². The summed E-state index contributed by atoms with van der Waals surface area (Å²) in [5.41, 5.74) is 7.03. The summed E-state index contributed by atoms with van der Waals surface area (Å²) in [6.45, 7) is 1.96. The number of aryl methyl sites for hydroxylation is 1. The maximum atomic E-state index is 11.6. The number of nitrogens with zero attached hydrogens (tertiary/aromatic N) is 3. The van der Waals surface area contributed by atoms with Crippen molar-refractivity contribution in [1.29, 1.82) is 0 Å². The van der Waals surface area contributed by atoms with Crippen molar-refractivity contribution in [2.45, 2.75) is 13.5 Å². The second-order valence-electron chi connectivity index (χ2n) is 4.18. The minimum Gasteiger partial charge on any atom is -0.398 e. The molecule has 0 unspecified atom stereocenters. The SMILES string of the molecule is Cc1cnc(=O)n(Cc2cc([N+](=O)[O-])ccc2N)c1. The maximum absolute atomic E-state index is 11.6. The largest absolute Gasteiger partial charge is 0.398 e. The fourth-order valence-electron chi connectivity index (χ4n) is 1.70. The van der Waals surface area contributed by atoms with Gasteiger partial charge in [0, 0.05) is 35.8 Å². The standard InChI is InChI=1S/C12H12N4O3/c1-8-5-14-12(17)15(6-8)7-9-4-10(16(18)19)2-3-11(9)13/h2-6H,7,13H2,1H3. The fraction of sp³-hybridized carbons (Fsp3) is 0.167. The summed E-state index contributed by atoms with van der Waals surface area (Å²) in [5, 5.41) is 10.7. The molecular weight excluding hydrogens is 248 g/mol. The van der Waals surface area contributed by atoms with Crippen LogP contribution < -0.4 is 11.4 Å². The number of nitrogen functional groups attached to an aromatic ring is 1. The Morgan fingerprint density at radius 2 is 2.21 bits per heavy atom. The number of aromatic nitrogens is 2. The third-order valence-corrected chi connectivity index (χ3v) is 2.66. The number of anilines is 1. The monoisotopic (exact) mass is 260 g/mol. The van der Waals surface area contributed by atoms with Crippen LogP contribution in [0.4, 0.5) is 11.4 Å². The van der Waals surface area contributed by atoms with Crippen LogP contribution in [-0.4, -0.2) is 14.5 Å². The van der Waals surface area contributed by atoms with E-state index < -0.39 is 10.6 Å². The Morgan fingerprint density at radius 1 is 1.47 bits per heavy atom. The van der Waals surface area contributed by atoms with Crippen LogP contribution in [0.15, 0.2) is 35.4 Å². The molecular formula is C12H12N4O3. The first-order chi connectivity index (χ1) is 8.97. The van der Waals surface area contributed by atoms with Gasteiger partial charge in [-0.05, 0) is 18.6 Å². The molecule has 7 nitrogen and oxygen atoms in total. The molecule has 2 rings (SSSR count). The van der Waals surface area contributed by atoms with Crippen molar-refractivity contribution in [3.63, 3.8) is 0 Å². The second kappa shape index (κ2) is 4.89. The zero-order chi connectivity index (χ0) is 14.0. The van der Waals surface area contributed by atoms with E-state index in [1.54, 1.807) is 13.1 Å². The molecule has 0 bridgehead atoms. The molecule has 0 atom stereocenters. The van der Waals surface area contributed by atoms with E-state index in [2.05, 4.69) is 4.98 Å². The van der Waals surface area contributed by atoms with Gasteiger partial charge in [0.25, 0.3) is 5.69 Å². The van der Waals surface area contributed by atoms with E-state index in [1.165, 1.54) is 29.0 Å². The van der Waals surface area contributed by atoms with E-state index in [4.69, 9.17) is 5.73 Å². The van der Waals surface area contributed by atoms with Crippen molar-refractivity contribution in [3.8, 4) is 0 Å². The molecule has 0 fully saturated rings. The highest BCUT2D eigenvalue weighted by atomic mass is 16.6. The van der Waals surface area contributed by atoms with Gasteiger partial charge in [-0.2, -0.15) is 0 Å². The molecule has 0 radical (unpaired) electrons. The summed E-state index contributed by atoms with van der Waals surface area (Å²) in [6.07, 6.45) is 3.10. The zero-order valence-corrected chi connectivity index (χ0v) is 10.2. The predicted molar refractivity (Wildman–Crippen MR) is 69.8 cm³/mol. The third-order valence-electron chi connectivity index (χ3n) is 2.66. The Labute approximate surface area is 108 Å². The molecule has 7 heteroatoms. The zero-order valence-electron chi connectivity index (χ0n) is 10.2. The Balaban J connectivity index is 2.43. The number of benzene rings is 1. The van der Waals surface area contributed by atoms with E-state index in [0.29, 0.717) is 11.3 Å². The van der Waals surface area contributed by atoms with Gasteiger partial charge in [0.2, 0.25) is 0 Å². The highest BCUT2D eigenvalue weighted by Gasteiger charge is 2.10. The van der Waals surface area contributed by atoms with Crippen molar-refractivity contribution < 1.29 is 4.92 Å². The Morgan fingerprint density at radius 3 is 2.89 bits per heavy atom. The first kappa shape index (κ1) is 12.7. The van der Waals surface area contributed by atoms with Crippen LogP contribution in [0.2, 0.25) is 0 Å². The number of hydrogen-bond acceptors (Lipinski definition) is 5. The average molecular weight is 260 g/mol. The molecule has 1 heterocycles. The van der Waals surface area contributed by atoms with Crippen LogP contribution in [0.3, 0.4) is 0 Å². The topological polar surface area (TPSA) is 104 Å². The number of non-ortho nitro benzene ring substituents is 1. The lowest BCUT2D eigenvalue weighted by Gasteiger charge is -2.08. The van der Waals surface area contributed by atoms with E-state index in [1.807, 2.05) is 0 Å². The summed E-state index contributed by atoms with van der Waals surface area (Å²) in [6, 6.07) is 4.15. The Kier molecular flexibility index (Phi) is 3.28.